The van der Waals surface area contributed by atoms with Gasteiger partial charge in [0.1, 0.15) is 10.5 Å². The summed E-state index contributed by atoms with van der Waals surface area (Å²) in [4.78, 5) is 21.3. The molecule has 10 heteroatoms. The van der Waals surface area contributed by atoms with Crippen molar-refractivity contribution in [3.05, 3.63) is 63.2 Å². The third-order valence-electron chi connectivity index (χ3n) is 4.71. The van der Waals surface area contributed by atoms with Crippen LogP contribution in [0, 0.1) is 0 Å². The highest BCUT2D eigenvalue weighted by Gasteiger charge is 2.26. The van der Waals surface area contributed by atoms with Crippen molar-refractivity contribution >= 4 is 43.4 Å². The number of aromatic nitrogens is 3. The topological polar surface area (TPSA) is 84.6 Å². The summed E-state index contributed by atoms with van der Waals surface area (Å²) < 4.78 is 29.2. The monoisotopic (exact) mass is 494 g/mol. The van der Waals surface area contributed by atoms with E-state index in [2.05, 4.69) is 25.9 Å². The number of nitrogens with zero attached hydrogens (tertiary/aromatic N) is 4. The molecule has 4 heterocycles. The Morgan fingerprint density at radius 2 is 1.90 bits per heavy atom. The average molecular weight is 495 g/mol. The molecular formula is C19H19BrN4O3S2. The molecule has 152 valence electrons. The van der Waals surface area contributed by atoms with Gasteiger partial charge < -0.3 is 0 Å². The lowest BCUT2D eigenvalue weighted by Crippen LogP contribution is -2.35. The van der Waals surface area contributed by atoms with Crippen LogP contribution < -0.4 is 5.56 Å². The first-order valence-electron chi connectivity index (χ1n) is 9.20. The van der Waals surface area contributed by atoms with Crippen LogP contribution >= 0.6 is 27.7 Å². The lowest BCUT2D eigenvalue weighted by atomic mass is 10.2. The summed E-state index contributed by atoms with van der Waals surface area (Å²) in [6.45, 7) is 1.14. The molecule has 1 fully saturated rings. The van der Waals surface area contributed by atoms with Gasteiger partial charge in [0.25, 0.3) is 5.56 Å². The van der Waals surface area contributed by atoms with E-state index < -0.39 is 10.0 Å². The highest BCUT2D eigenvalue weighted by Crippen LogP contribution is 2.24. The van der Waals surface area contributed by atoms with Gasteiger partial charge >= 0.3 is 0 Å². The zero-order valence-corrected chi connectivity index (χ0v) is 18.7. The lowest BCUT2D eigenvalue weighted by molar-refractivity contribution is 0.346. The second-order valence-corrected chi connectivity index (χ2v) is 10.6. The minimum atomic E-state index is -3.48. The van der Waals surface area contributed by atoms with Gasteiger partial charge in [-0.25, -0.2) is 18.4 Å². The van der Waals surface area contributed by atoms with Crippen molar-refractivity contribution < 1.29 is 8.42 Å². The van der Waals surface area contributed by atoms with Gasteiger partial charge in [0, 0.05) is 41.8 Å². The first kappa shape index (κ1) is 20.5. The van der Waals surface area contributed by atoms with Crippen LogP contribution in [0.15, 0.2) is 61.9 Å². The van der Waals surface area contributed by atoms with Crippen molar-refractivity contribution in [1.29, 1.82) is 0 Å². The SMILES string of the molecule is O=c1cc(CSc2ccc(S(=O)(=O)N3CCCCC3)cn2)nc2ccc(Br)cn12. The molecule has 1 aliphatic rings. The van der Waals surface area contributed by atoms with Gasteiger partial charge in [-0.15, -0.1) is 11.8 Å². The van der Waals surface area contributed by atoms with E-state index >= 15 is 0 Å². The molecule has 0 unspecified atom stereocenters. The second kappa shape index (κ2) is 8.55. The molecule has 0 atom stereocenters. The van der Waals surface area contributed by atoms with Gasteiger partial charge in [-0.1, -0.05) is 6.42 Å². The number of piperidine rings is 1. The molecular weight excluding hydrogens is 476 g/mol. The molecule has 3 aromatic heterocycles. The number of hydrogen-bond donors (Lipinski definition) is 0. The van der Waals surface area contributed by atoms with Crippen molar-refractivity contribution in [2.75, 3.05) is 13.1 Å². The van der Waals surface area contributed by atoms with E-state index in [1.54, 1.807) is 24.4 Å². The van der Waals surface area contributed by atoms with Gasteiger partial charge in [0.15, 0.2) is 0 Å². The van der Waals surface area contributed by atoms with E-state index in [1.807, 2.05) is 6.07 Å². The highest BCUT2D eigenvalue weighted by atomic mass is 79.9. The predicted molar refractivity (Wildman–Crippen MR) is 116 cm³/mol. The second-order valence-electron chi connectivity index (χ2n) is 6.75. The first-order valence-corrected chi connectivity index (χ1v) is 12.4. The average Bonchev–Trinajstić information content (AvgIpc) is 2.74. The quantitative estimate of drug-likeness (QED) is 0.505. The molecule has 0 bridgehead atoms. The summed E-state index contributed by atoms with van der Waals surface area (Å²) in [5.74, 6) is 0.465. The maximum Gasteiger partial charge on any atom is 0.258 e. The summed E-state index contributed by atoms with van der Waals surface area (Å²) >= 11 is 4.76. The van der Waals surface area contributed by atoms with E-state index in [1.165, 1.54) is 32.7 Å². The van der Waals surface area contributed by atoms with Crippen LogP contribution in [0.1, 0.15) is 25.0 Å². The number of halogens is 1. The van der Waals surface area contributed by atoms with Gasteiger partial charge in [-0.05, 0) is 53.0 Å². The fourth-order valence-corrected chi connectivity index (χ4v) is 5.74. The van der Waals surface area contributed by atoms with E-state index in [4.69, 9.17) is 0 Å². The van der Waals surface area contributed by atoms with Crippen molar-refractivity contribution in [2.24, 2.45) is 0 Å². The lowest BCUT2D eigenvalue weighted by Gasteiger charge is -2.25. The summed E-state index contributed by atoms with van der Waals surface area (Å²) in [6.07, 6.45) is 5.97. The maximum atomic E-state index is 12.7. The van der Waals surface area contributed by atoms with Crippen molar-refractivity contribution in [3.8, 4) is 0 Å². The standard InChI is InChI=1S/C19H19BrN4O3S2/c20-14-4-6-17-22-15(10-19(25)24(17)12-14)13-28-18-7-5-16(11-21-18)29(26,27)23-8-2-1-3-9-23/h4-7,10-12H,1-3,8-9,13H2. The molecule has 0 saturated carbocycles. The Balaban J connectivity index is 1.47. The van der Waals surface area contributed by atoms with E-state index in [-0.39, 0.29) is 10.5 Å². The smallest absolute Gasteiger partial charge is 0.258 e. The van der Waals surface area contributed by atoms with E-state index in [9.17, 15) is 13.2 Å². The van der Waals surface area contributed by atoms with Crippen LogP contribution in [-0.4, -0.2) is 40.2 Å². The fourth-order valence-electron chi connectivity index (χ4n) is 3.21. The Morgan fingerprint density at radius 1 is 1.10 bits per heavy atom. The zero-order chi connectivity index (χ0) is 20.4. The third kappa shape index (κ3) is 4.55. The molecule has 0 amide bonds. The molecule has 0 N–H and O–H groups in total. The van der Waals surface area contributed by atoms with Gasteiger partial charge in [-0.3, -0.25) is 9.20 Å². The zero-order valence-electron chi connectivity index (χ0n) is 15.5. The van der Waals surface area contributed by atoms with Gasteiger partial charge in [0.2, 0.25) is 10.0 Å². The van der Waals surface area contributed by atoms with Crippen LogP contribution in [-0.2, 0) is 15.8 Å². The summed E-state index contributed by atoms with van der Waals surface area (Å²) in [6, 6.07) is 8.41. The number of thioether (sulfide) groups is 1. The predicted octanol–water partition coefficient (Wildman–Crippen LogP) is 3.32. The minimum Gasteiger partial charge on any atom is -0.269 e. The number of pyridine rings is 2. The fraction of sp³-hybridized carbons (Fsp3) is 0.316. The molecule has 0 radical (unpaired) electrons. The first-order chi connectivity index (χ1) is 13.9. The molecule has 1 saturated heterocycles. The number of sulfonamides is 1. The number of hydrogen-bond acceptors (Lipinski definition) is 6. The molecule has 29 heavy (non-hydrogen) atoms. The largest absolute Gasteiger partial charge is 0.269 e. The van der Waals surface area contributed by atoms with Crippen LogP contribution in [0.4, 0.5) is 0 Å². The van der Waals surface area contributed by atoms with Crippen LogP contribution in [0.5, 0.6) is 0 Å². The number of fused-ring (bicyclic) bond motifs is 1. The van der Waals surface area contributed by atoms with Crippen molar-refractivity contribution in [3.63, 3.8) is 0 Å². The van der Waals surface area contributed by atoms with Crippen LogP contribution in [0.25, 0.3) is 5.65 Å². The third-order valence-corrected chi connectivity index (χ3v) is 8.04. The maximum absolute atomic E-state index is 12.7. The summed E-state index contributed by atoms with van der Waals surface area (Å²) in [5.41, 5.74) is 1.07. The Kier molecular flexibility index (Phi) is 6.05. The summed E-state index contributed by atoms with van der Waals surface area (Å²) in [7, 11) is -3.48. The Hall–Kier alpha value is -1.75. The Labute approximate surface area is 181 Å². The minimum absolute atomic E-state index is 0.150. The molecule has 1 aliphatic heterocycles. The molecule has 4 rings (SSSR count). The Bertz CT molecular complexity index is 1190. The highest BCUT2D eigenvalue weighted by molar-refractivity contribution is 9.10. The van der Waals surface area contributed by atoms with E-state index in [0.29, 0.717) is 35.2 Å². The van der Waals surface area contributed by atoms with Gasteiger partial charge in [0.05, 0.1) is 10.7 Å². The van der Waals surface area contributed by atoms with E-state index in [0.717, 1.165) is 23.7 Å². The summed E-state index contributed by atoms with van der Waals surface area (Å²) in [5, 5.41) is 0.681. The van der Waals surface area contributed by atoms with Crippen LogP contribution in [0.3, 0.4) is 0 Å². The normalized spacial score (nSPS) is 15.6. The molecule has 7 nitrogen and oxygen atoms in total. The van der Waals surface area contributed by atoms with Crippen molar-refractivity contribution in [2.45, 2.75) is 34.9 Å². The van der Waals surface area contributed by atoms with Gasteiger partial charge in [-0.2, -0.15) is 4.31 Å². The molecule has 0 aromatic carbocycles. The molecule has 0 aliphatic carbocycles. The Morgan fingerprint density at radius 3 is 2.62 bits per heavy atom. The number of rotatable bonds is 5. The van der Waals surface area contributed by atoms with Crippen molar-refractivity contribution in [1.82, 2.24) is 18.7 Å². The molecule has 0 spiro atoms. The van der Waals surface area contributed by atoms with Crippen LogP contribution in [0.2, 0.25) is 0 Å². The molecule has 3 aromatic rings.